The molecule has 1 fully saturated rings. The molecule has 3 aliphatic heterocycles. The molecule has 1 aromatic rings. The van der Waals surface area contributed by atoms with Crippen molar-refractivity contribution in [2.75, 3.05) is 39.8 Å². The van der Waals surface area contributed by atoms with Gasteiger partial charge >= 0.3 is 6.03 Å². The Morgan fingerprint density at radius 2 is 1.78 bits per heavy atom. The van der Waals surface area contributed by atoms with Crippen molar-refractivity contribution in [1.82, 2.24) is 20.0 Å². The third-order valence-electron chi connectivity index (χ3n) is 5.80. The molecule has 0 aliphatic carbocycles. The zero-order chi connectivity index (χ0) is 19.0. The number of urea groups is 1. The smallest absolute Gasteiger partial charge is 0.322 e. The van der Waals surface area contributed by atoms with Crippen LogP contribution in [-0.4, -0.2) is 71.5 Å². The van der Waals surface area contributed by atoms with Crippen molar-refractivity contribution in [3.63, 3.8) is 0 Å². The Morgan fingerprint density at radius 3 is 2.48 bits per heavy atom. The number of nitrogens with zero attached hydrogens (tertiary/aromatic N) is 3. The summed E-state index contributed by atoms with van der Waals surface area (Å²) < 4.78 is 0. The van der Waals surface area contributed by atoms with Gasteiger partial charge < -0.3 is 20.2 Å². The molecule has 144 valence electrons. The lowest BCUT2D eigenvalue weighted by Crippen LogP contribution is -2.45. The fraction of sp³-hybridized carbons (Fsp3) is 0.500. The number of nitrogens with one attached hydrogen (secondary N) is 1. The van der Waals surface area contributed by atoms with Gasteiger partial charge in [0.25, 0.3) is 5.91 Å². The molecule has 7 heteroatoms. The second-order valence-corrected chi connectivity index (χ2v) is 7.52. The molecule has 0 aromatic heterocycles. The summed E-state index contributed by atoms with van der Waals surface area (Å²) >= 11 is 0. The summed E-state index contributed by atoms with van der Waals surface area (Å²) in [6.45, 7) is 4.23. The molecule has 4 rings (SSSR count). The van der Waals surface area contributed by atoms with Gasteiger partial charge in [-0.1, -0.05) is 18.6 Å². The lowest BCUT2D eigenvalue weighted by atomic mass is 9.96. The van der Waals surface area contributed by atoms with Gasteiger partial charge in [-0.25, -0.2) is 4.79 Å². The number of likely N-dealkylation sites (N-methyl/N-ethyl adjacent to an activating group) is 1. The van der Waals surface area contributed by atoms with Gasteiger partial charge in [0.15, 0.2) is 0 Å². The van der Waals surface area contributed by atoms with Crippen LogP contribution in [0.15, 0.2) is 35.5 Å². The van der Waals surface area contributed by atoms with Crippen LogP contribution in [0, 0.1) is 0 Å². The van der Waals surface area contributed by atoms with Crippen LogP contribution in [0.5, 0.6) is 5.75 Å². The molecule has 0 bridgehead atoms. The Kier molecular flexibility index (Phi) is 4.78. The molecule has 0 radical (unpaired) electrons. The first-order valence-corrected chi connectivity index (χ1v) is 9.62. The first kappa shape index (κ1) is 17.9. The Balaban J connectivity index is 1.53. The average molecular weight is 370 g/mol. The maximum Gasteiger partial charge on any atom is 0.322 e. The molecule has 27 heavy (non-hydrogen) atoms. The fourth-order valence-corrected chi connectivity index (χ4v) is 4.17. The van der Waals surface area contributed by atoms with E-state index in [0.717, 1.165) is 30.9 Å². The summed E-state index contributed by atoms with van der Waals surface area (Å²) in [5, 5.41) is 12.5. The summed E-state index contributed by atoms with van der Waals surface area (Å²) in [6, 6.07) is 5.97. The summed E-state index contributed by atoms with van der Waals surface area (Å²) in [4.78, 5) is 31.3. The van der Waals surface area contributed by atoms with Crippen LogP contribution >= 0.6 is 0 Å². The quantitative estimate of drug-likeness (QED) is 0.845. The van der Waals surface area contributed by atoms with E-state index in [1.807, 2.05) is 4.90 Å². The molecule has 1 aromatic carbocycles. The number of benzene rings is 1. The first-order valence-electron chi connectivity index (χ1n) is 9.62. The van der Waals surface area contributed by atoms with Crippen LogP contribution in [0.1, 0.15) is 30.9 Å². The van der Waals surface area contributed by atoms with Crippen molar-refractivity contribution in [2.24, 2.45) is 0 Å². The second kappa shape index (κ2) is 7.23. The molecule has 7 nitrogen and oxygen atoms in total. The van der Waals surface area contributed by atoms with Crippen LogP contribution in [0.3, 0.4) is 0 Å². The van der Waals surface area contributed by atoms with Gasteiger partial charge in [0.05, 0.1) is 23.9 Å². The van der Waals surface area contributed by atoms with E-state index in [1.165, 1.54) is 19.3 Å². The van der Waals surface area contributed by atoms with E-state index < -0.39 is 6.04 Å². The van der Waals surface area contributed by atoms with Crippen LogP contribution in [0.2, 0.25) is 0 Å². The molecule has 0 unspecified atom stereocenters. The Bertz CT molecular complexity index is 768. The molecule has 0 spiro atoms. The normalized spacial score (nSPS) is 23.7. The molecular formula is C20H26N4O3. The van der Waals surface area contributed by atoms with Gasteiger partial charge in [-0.2, -0.15) is 0 Å². The number of aromatic hydroxyl groups is 1. The van der Waals surface area contributed by atoms with Crippen molar-refractivity contribution < 1.29 is 14.7 Å². The third kappa shape index (κ3) is 3.39. The second-order valence-electron chi connectivity index (χ2n) is 7.52. The summed E-state index contributed by atoms with van der Waals surface area (Å²) in [5.74, 6) is 0.153. The van der Waals surface area contributed by atoms with Crippen LogP contribution in [-0.2, 0) is 4.79 Å². The van der Waals surface area contributed by atoms with E-state index in [-0.39, 0.29) is 17.7 Å². The molecule has 3 heterocycles. The third-order valence-corrected chi connectivity index (χ3v) is 5.80. The van der Waals surface area contributed by atoms with Gasteiger partial charge in [-0.3, -0.25) is 9.69 Å². The van der Waals surface area contributed by atoms with E-state index in [1.54, 1.807) is 36.2 Å². The molecular weight excluding hydrogens is 344 g/mol. The van der Waals surface area contributed by atoms with Gasteiger partial charge in [0, 0.05) is 20.1 Å². The number of phenols is 1. The van der Waals surface area contributed by atoms with E-state index in [4.69, 9.17) is 0 Å². The SMILES string of the molecule is CN1C(=O)N[C@H](c2ccc(O)cc2)C2=C1CN(CCN1CCCCC1)C2=O. The number of likely N-dealkylation sites (tertiary alicyclic amines) is 1. The highest BCUT2D eigenvalue weighted by Crippen LogP contribution is 2.35. The van der Waals surface area contributed by atoms with E-state index in [9.17, 15) is 14.7 Å². The number of amides is 3. The predicted molar refractivity (Wildman–Crippen MR) is 101 cm³/mol. The largest absolute Gasteiger partial charge is 0.508 e. The van der Waals surface area contributed by atoms with Crippen molar-refractivity contribution in [2.45, 2.75) is 25.3 Å². The zero-order valence-electron chi connectivity index (χ0n) is 15.6. The van der Waals surface area contributed by atoms with E-state index in [2.05, 4.69) is 10.2 Å². The van der Waals surface area contributed by atoms with E-state index >= 15 is 0 Å². The minimum Gasteiger partial charge on any atom is -0.508 e. The molecule has 1 atom stereocenters. The first-order chi connectivity index (χ1) is 13.0. The number of piperidine rings is 1. The van der Waals surface area contributed by atoms with Gasteiger partial charge in [0.1, 0.15) is 5.75 Å². The molecule has 1 saturated heterocycles. The summed E-state index contributed by atoms with van der Waals surface area (Å²) in [7, 11) is 1.71. The standard InChI is InChI=1S/C20H26N4O3/c1-22-16-13-24(12-11-23-9-3-2-4-10-23)19(26)17(16)18(21-20(22)27)14-5-7-15(25)8-6-14/h5-8,18,25H,2-4,9-13H2,1H3,(H,21,27)/t18-/m1/s1. The topological polar surface area (TPSA) is 76.1 Å². The highest BCUT2D eigenvalue weighted by atomic mass is 16.3. The predicted octanol–water partition coefficient (Wildman–Crippen LogP) is 1.67. The monoisotopic (exact) mass is 370 g/mol. The minimum absolute atomic E-state index is 0.00747. The lowest BCUT2D eigenvalue weighted by molar-refractivity contribution is -0.126. The van der Waals surface area contributed by atoms with Crippen LogP contribution in [0.25, 0.3) is 0 Å². The number of hydrogen-bond acceptors (Lipinski definition) is 4. The van der Waals surface area contributed by atoms with Gasteiger partial charge in [-0.05, 0) is 43.6 Å². The van der Waals surface area contributed by atoms with Crippen LogP contribution < -0.4 is 5.32 Å². The fourth-order valence-electron chi connectivity index (χ4n) is 4.17. The Morgan fingerprint density at radius 1 is 1.07 bits per heavy atom. The lowest BCUT2D eigenvalue weighted by Gasteiger charge is -2.31. The number of carbonyl (C=O) groups excluding carboxylic acids is 2. The van der Waals surface area contributed by atoms with Gasteiger partial charge in [0.2, 0.25) is 0 Å². The van der Waals surface area contributed by atoms with Crippen molar-refractivity contribution in [3.8, 4) is 5.75 Å². The summed E-state index contributed by atoms with van der Waals surface area (Å²) in [5.41, 5.74) is 2.22. The highest BCUT2D eigenvalue weighted by Gasteiger charge is 2.42. The van der Waals surface area contributed by atoms with Gasteiger partial charge in [-0.15, -0.1) is 0 Å². The minimum atomic E-state index is -0.475. The maximum absolute atomic E-state index is 13.1. The molecule has 2 N–H and O–H groups in total. The van der Waals surface area contributed by atoms with Crippen molar-refractivity contribution >= 4 is 11.9 Å². The van der Waals surface area contributed by atoms with Crippen molar-refractivity contribution in [1.29, 1.82) is 0 Å². The Labute approximate surface area is 159 Å². The van der Waals surface area contributed by atoms with Crippen LogP contribution in [0.4, 0.5) is 4.79 Å². The zero-order valence-corrected chi connectivity index (χ0v) is 15.6. The number of carbonyl (C=O) groups is 2. The molecule has 3 aliphatic rings. The average Bonchev–Trinajstić information content (AvgIpc) is 3.01. The molecule has 0 saturated carbocycles. The number of phenolic OH excluding ortho intramolecular Hbond substituents is 1. The van der Waals surface area contributed by atoms with Crippen molar-refractivity contribution in [3.05, 3.63) is 41.1 Å². The van der Waals surface area contributed by atoms with E-state index in [0.29, 0.717) is 18.7 Å². The Hall–Kier alpha value is -2.54. The maximum atomic E-state index is 13.1. The summed E-state index contributed by atoms with van der Waals surface area (Å²) in [6.07, 6.45) is 3.75. The number of hydrogen-bond donors (Lipinski definition) is 2. The highest BCUT2D eigenvalue weighted by molar-refractivity contribution is 6.01. The molecule has 3 amide bonds. The number of rotatable bonds is 4.